The minimum Gasteiger partial charge on any atom is -0.393 e. The number of fused-ring (bicyclic) bond motifs is 1. The number of morpholine rings is 1. The molecular weight excluding hydrogens is 354 g/mol. The van der Waals surface area contributed by atoms with Crippen LogP contribution in [0.1, 0.15) is 37.3 Å². The van der Waals surface area contributed by atoms with Crippen LogP contribution < -0.4 is 5.32 Å². The van der Waals surface area contributed by atoms with Crippen molar-refractivity contribution in [2.24, 2.45) is 5.92 Å². The van der Waals surface area contributed by atoms with Gasteiger partial charge in [0.25, 0.3) is 0 Å². The molecule has 1 amide bonds. The highest BCUT2D eigenvalue weighted by Gasteiger charge is 2.35. The van der Waals surface area contributed by atoms with Crippen LogP contribution in [0.4, 0.5) is 0 Å². The Morgan fingerprint density at radius 1 is 1.29 bits per heavy atom. The van der Waals surface area contributed by atoms with Crippen molar-refractivity contribution in [2.75, 3.05) is 32.8 Å². The first-order valence-corrected chi connectivity index (χ1v) is 10.3. The summed E-state index contributed by atoms with van der Waals surface area (Å²) in [6.07, 6.45) is 4.44. The fourth-order valence-electron chi connectivity index (χ4n) is 4.17. The first-order valence-electron chi connectivity index (χ1n) is 10.3. The van der Waals surface area contributed by atoms with Crippen molar-refractivity contribution in [1.82, 2.24) is 15.2 Å². The monoisotopic (exact) mass is 383 g/mol. The van der Waals surface area contributed by atoms with E-state index in [0.29, 0.717) is 6.42 Å². The normalized spacial score (nSPS) is 23.9. The molecule has 0 spiro atoms. The summed E-state index contributed by atoms with van der Waals surface area (Å²) < 4.78 is 5.37. The molecular formula is C22H29N3O3. The highest BCUT2D eigenvalue weighted by Crippen LogP contribution is 2.38. The number of benzene rings is 1. The van der Waals surface area contributed by atoms with Gasteiger partial charge in [0.15, 0.2) is 0 Å². The van der Waals surface area contributed by atoms with Gasteiger partial charge < -0.3 is 15.2 Å². The Labute approximate surface area is 165 Å². The van der Waals surface area contributed by atoms with E-state index in [1.165, 1.54) is 0 Å². The van der Waals surface area contributed by atoms with Crippen LogP contribution in [-0.4, -0.2) is 59.8 Å². The van der Waals surface area contributed by atoms with Gasteiger partial charge in [0.05, 0.1) is 30.9 Å². The van der Waals surface area contributed by atoms with E-state index in [-0.39, 0.29) is 24.0 Å². The van der Waals surface area contributed by atoms with E-state index in [1.54, 1.807) is 0 Å². The number of pyridine rings is 1. The third-order valence-corrected chi connectivity index (χ3v) is 5.89. The molecule has 6 heteroatoms. The van der Waals surface area contributed by atoms with E-state index in [9.17, 15) is 9.90 Å². The zero-order chi connectivity index (χ0) is 19.3. The van der Waals surface area contributed by atoms with Gasteiger partial charge in [-0.15, -0.1) is 0 Å². The predicted octanol–water partition coefficient (Wildman–Crippen LogP) is 2.28. The molecule has 2 fully saturated rings. The number of nitrogens with one attached hydrogen (secondary N) is 1. The molecule has 1 aliphatic heterocycles. The van der Waals surface area contributed by atoms with Crippen LogP contribution in [0.25, 0.3) is 10.9 Å². The number of hydrogen-bond acceptors (Lipinski definition) is 5. The van der Waals surface area contributed by atoms with Crippen LogP contribution in [0.15, 0.2) is 36.5 Å². The predicted molar refractivity (Wildman–Crippen MR) is 108 cm³/mol. The van der Waals surface area contributed by atoms with Crippen molar-refractivity contribution in [3.8, 4) is 0 Å². The lowest BCUT2D eigenvalue weighted by atomic mass is 9.75. The van der Waals surface area contributed by atoms with Crippen LogP contribution in [-0.2, 0) is 9.53 Å². The third kappa shape index (κ3) is 4.69. The van der Waals surface area contributed by atoms with Crippen molar-refractivity contribution >= 4 is 16.8 Å². The van der Waals surface area contributed by atoms with Gasteiger partial charge in [0, 0.05) is 31.1 Å². The van der Waals surface area contributed by atoms with Gasteiger partial charge in [0.2, 0.25) is 5.91 Å². The molecule has 150 valence electrons. The first kappa shape index (κ1) is 19.3. The van der Waals surface area contributed by atoms with E-state index >= 15 is 0 Å². The second-order valence-electron chi connectivity index (χ2n) is 7.95. The third-order valence-electron chi connectivity index (χ3n) is 5.89. The zero-order valence-corrected chi connectivity index (χ0v) is 16.2. The van der Waals surface area contributed by atoms with E-state index < -0.39 is 0 Å². The molecule has 2 aliphatic rings. The number of nitrogens with zero attached hydrogens (tertiary/aromatic N) is 2. The highest BCUT2D eigenvalue weighted by atomic mass is 16.5. The van der Waals surface area contributed by atoms with Crippen LogP contribution in [0.3, 0.4) is 0 Å². The Morgan fingerprint density at radius 3 is 2.86 bits per heavy atom. The number of ether oxygens (including phenoxy) is 1. The number of aromatic nitrogens is 1. The molecule has 1 atom stereocenters. The molecule has 0 radical (unpaired) electrons. The average molecular weight is 383 g/mol. The number of hydrogen-bond donors (Lipinski definition) is 2. The van der Waals surface area contributed by atoms with E-state index in [0.717, 1.165) is 68.6 Å². The highest BCUT2D eigenvalue weighted by molar-refractivity contribution is 5.80. The molecule has 28 heavy (non-hydrogen) atoms. The quantitative estimate of drug-likeness (QED) is 0.767. The van der Waals surface area contributed by atoms with Crippen LogP contribution in [0.2, 0.25) is 0 Å². The number of aliphatic hydroxyl groups is 1. The topological polar surface area (TPSA) is 74.7 Å². The number of carbonyl (C=O) groups excluding carboxylic acids is 1. The van der Waals surface area contributed by atoms with Crippen LogP contribution in [0.5, 0.6) is 0 Å². The molecule has 4 rings (SSSR count). The molecule has 0 unspecified atom stereocenters. The summed E-state index contributed by atoms with van der Waals surface area (Å²) in [6.45, 7) is 4.40. The Hall–Kier alpha value is -2.02. The molecule has 1 aliphatic carbocycles. The first-order chi connectivity index (χ1) is 13.7. The molecule has 6 nitrogen and oxygen atoms in total. The van der Waals surface area contributed by atoms with Gasteiger partial charge in [-0.25, -0.2) is 0 Å². The lowest BCUT2D eigenvalue weighted by Gasteiger charge is -2.38. The van der Waals surface area contributed by atoms with Gasteiger partial charge >= 0.3 is 0 Å². The van der Waals surface area contributed by atoms with Gasteiger partial charge in [0.1, 0.15) is 0 Å². The molecule has 0 bridgehead atoms. The number of carbonyl (C=O) groups is 1. The van der Waals surface area contributed by atoms with Crippen molar-refractivity contribution in [2.45, 2.75) is 37.8 Å². The molecule has 1 aromatic carbocycles. The largest absolute Gasteiger partial charge is 0.393 e. The van der Waals surface area contributed by atoms with Crippen molar-refractivity contribution < 1.29 is 14.6 Å². The second kappa shape index (κ2) is 8.99. The summed E-state index contributed by atoms with van der Waals surface area (Å²) in [4.78, 5) is 19.5. The lowest BCUT2D eigenvalue weighted by molar-refractivity contribution is -0.123. The maximum Gasteiger partial charge on any atom is 0.220 e. The van der Waals surface area contributed by atoms with E-state index in [1.807, 2.05) is 30.5 Å². The van der Waals surface area contributed by atoms with Crippen molar-refractivity contribution in [3.05, 3.63) is 42.1 Å². The molecule has 1 saturated carbocycles. The molecule has 2 N–H and O–H groups in total. The van der Waals surface area contributed by atoms with Crippen LogP contribution >= 0.6 is 0 Å². The van der Waals surface area contributed by atoms with Gasteiger partial charge in [-0.2, -0.15) is 0 Å². The lowest BCUT2D eigenvalue weighted by Crippen LogP contribution is -2.42. The Morgan fingerprint density at radius 2 is 2.07 bits per heavy atom. The molecule has 2 aromatic rings. The van der Waals surface area contributed by atoms with E-state index in [4.69, 9.17) is 4.74 Å². The van der Waals surface area contributed by atoms with Gasteiger partial charge in [-0.1, -0.05) is 18.2 Å². The summed E-state index contributed by atoms with van der Waals surface area (Å²) in [5, 5.41) is 14.1. The second-order valence-corrected chi connectivity index (χ2v) is 7.95. The number of amides is 1. The Bertz CT molecular complexity index is 800. The fourth-order valence-corrected chi connectivity index (χ4v) is 4.17. The summed E-state index contributed by atoms with van der Waals surface area (Å²) in [5.41, 5.74) is 1.98. The standard InChI is InChI=1S/C22H29N3O3/c26-19-13-17(14-19)22(18-12-16-4-1-2-5-20(16)23-15-18)24-21(27)6-3-7-25-8-10-28-11-9-25/h1-2,4-5,12,15,17,19,22,26H,3,6-11,13-14H2,(H,24,27)/t17?,19?,22-/m0/s1. The van der Waals surface area contributed by atoms with Gasteiger partial charge in [-0.3, -0.25) is 14.7 Å². The van der Waals surface area contributed by atoms with Gasteiger partial charge in [-0.05, 0) is 49.4 Å². The molecule has 1 aromatic heterocycles. The minimum atomic E-state index is -0.251. The zero-order valence-electron chi connectivity index (χ0n) is 16.2. The summed E-state index contributed by atoms with van der Waals surface area (Å²) in [6, 6.07) is 10.0. The molecule has 1 saturated heterocycles. The summed E-state index contributed by atoms with van der Waals surface area (Å²) in [5.74, 6) is 0.342. The van der Waals surface area contributed by atoms with Crippen LogP contribution in [0, 0.1) is 5.92 Å². The number of aliphatic hydroxyl groups excluding tert-OH is 1. The van der Waals surface area contributed by atoms with E-state index in [2.05, 4.69) is 21.3 Å². The Balaban J connectivity index is 1.38. The Kier molecular flexibility index (Phi) is 6.20. The fraction of sp³-hybridized carbons (Fsp3) is 0.545. The average Bonchev–Trinajstić information content (AvgIpc) is 2.70. The summed E-state index contributed by atoms with van der Waals surface area (Å²) >= 11 is 0. The summed E-state index contributed by atoms with van der Waals surface area (Å²) in [7, 11) is 0. The maximum absolute atomic E-state index is 12.6. The van der Waals surface area contributed by atoms with Crippen molar-refractivity contribution in [3.63, 3.8) is 0 Å². The maximum atomic E-state index is 12.6. The number of rotatable bonds is 7. The number of para-hydroxylation sites is 1. The minimum absolute atomic E-state index is 0.0767. The molecule has 2 heterocycles. The smallest absolute Gasteiger partial charge is 0.220 e. The van der Waals surface area contributed by atoms with Crippen molar-refractivity contribution in [1.29, 1.82) is 0 Å². The SMILES string of the molecule is O=C(CCCN1CCOCC1)N[C@H](c1cnc2ccccc2c1)C1CC(O)C1.